The lowest BCUT2D eigenvalue weighted by atomic mass is 10.3. The van der Waals surface area contributed by atoms with Crippen LogP contribution >= 0.6 is 0 Å². The molecule has 2 aromatic rings. The number of aromatic nitrogens is 2. The zero-order valence-electron chi connectivity index (χ0n) is 9.24. The zero-order valence-corrected chi connectivity index (χ0v) is 9.24. The summed E-state index contributed by atoms with van der Waals surface area (Å²) in [6.07, 6.45) is -4.68. The van der Waals surface area contributed by atoms with Crippen LogP contribution in [-0.4, -0.2) is 10.2 Å². The molecule has 5 nitrogen and oxygen atoms in total. The molecule has 0 unspecified atom stereocenters. The van der Waals surface area contributed by atoms with Crippen molar-refractivity contribution in [2.45, 2.75) is 6.18 Å². The number of H-pyrrole nitrogens is 1. The third-order valence-corrected chi connectivity index (χ3v) is 2.12. The quantitative estimate of drug-likeness (QED) is 0.648. The Bertz CT molecular complexity index is 617. The number of aromatic amines is 1. The van der Waals surface area contributed by atoms with E-state index in [4.69, 9.17) is 5.73 Å². The van der Waals surface area contributed by atoms with E-state index in [0.717, 1.165) is 6.07 Å². The van der Waals surface area contributed by atoms with Gasteiger partial charge in [-0.3, -0.25) is 5.10 Å². The van der Waals surface area contributed by atoms with Crippen molar-refractivity contribution < 1.29 is 17.6 Å². The number of benzene rings is 1. The summed E-state index contributed by atoms with van der Waals surface area (Å²) in [6, 6.07) is 4.93. The molecule has 1 aromatic heterocycles. The van der Waals surface area contributed by atoms with Crippen molar-refractivity contribution in [1.29, 1.82) is 0 Å². The molecule has 0 saturated heterocycles. The molecule has 0 bridgehead atoms. The number of rotatable bonds is 2. The SMILES string of the molecule is Nc1n[nH]c(C(F)(F)F)c1N=Nc1cccc(F)c1. The lowest BCUT2D eigenvalue weighted by Crippen LogP contribution is -2.05. The van der Waals surface area contributed by atoms with E-state index in [1.54, 1.807) is 5.10 Å². The van der Waals surface area contributed by atoms with Gasteiger partial charge in [-0.1, -0.05) is 6.07 Å². The van der Waals surface area contributed by atoms with Crippen LogP contribution in [0.3, 0.4) is 0 Å². The molecule has 1 aromatic carbocycles. The number of hydrogen-bond donors (Lipinski definition) is 2. The van der Waals surface area contributed by atoms with Crippen molar-refractivity contribution in [1.82, 2.24) is 10.2 Å². The molecule has 0 spiro atoms. The van der Waals surface area contributed by atoms with Crippen molar-refractivity contribution in [3.8, 4) is 0 Å². The summed E-state index contributed by atoms with van der Waals surface area (Å²) >= 11 is 0. The summed E-state index contributed by atoms with van der Waals surface area (Å²) in [5, 5.41) is 11.8. The number of nitrogens with one attached hydrogen (secondary N) is 1. The molecule has 2 rings (SSSR count). The average molecular weight is 273 g/mol. The van der Waals surface area contributed by atoms with Crippen LogP contribution in [0.15, 0.2) is 34.5 Å². The molecule has 0 atom stereocenters. The standard InChI is InChI=1S/C10H7F4N5/c11-5-2-1-3-6(4-5)16-17-7-8(10(12,13)14)18-19-9(7)15/h1-4H,(H3,15,18,19). The topological polar surface area (TPSA) is 79.4 Å². The predicted octanol–water partition coefficient (Wildman–Crippen LogP) is 3.57. The summed E-state index contributed by atoms with van der Waals surface area (Å²) in [5.74, 6) is -1.01. The fourth-order valence-electron chi connectivity index (χ4n) is 1.30. The van der Waals surface area contributed by atoms with Crippen LogP contribution in [-0.2, 0) is 6.18 Å². The van der Waals surface area contributed by atoms with E-state index in [0.29, 0.717) is 0 Å². The molecule has 0 fully saturated rings. The lowest BCUT2D eigenvalue weighted by molar-refractivity contribution is -0.140. The number of alkyl halides is 3. The van der Waals surface area contributed by atoms with Crippen molar-refractivity contribution in [3.05, 3.63) is 35.8 Å². The third kappa shape index (κ3) is 2.87. The number of nitrogens with two attached hydrogens (primary N) is 1. The van der Waals surface area contributed by atoms with Gasteiger partial charge in [0.05, 0.1) is 5.69 Å². The Morgan fingerprint density at radius 1 is 1.21 bits per heavy atom. The fourth-order valence-corrected chi connectivity index (χ4v) is 1.30. The van der Waals surface area contributed by atoms with Crippen molar-refractivity contribution in [2.24, 2.45) is 10.2 Å². The summed E-state index contributed by atoms with van der Waals surface area (Å²) in [4.78, 5) is 0. The van der Waals surface area contributed by atoms with E-state index in [2.05, 4.69) is 15.3 Å². The van der Waals surface area contributed by atoms with Gasteiger partial charge in [0.15, 0.2) is 17.2 Å². The van der Waals surface area contributed by atoms with Crippen LogP contribution in [0.4, 0.5) is 34.8 Å². The number of nitrogens with zero attached hydrogens (tertiary/aromatic N) is 3. The number of nitrogen functional groups attached to an aromatic ring is 1. The second kappa shape index (κ2) is 4.67. The van der Waals surface area contributed by atoms with Gasteiger partial charge < -0.3 is 5.73 Å². The summed E-state index contributed by atoms with van der Waals surface area (Å²) < 4.78 is 50.5. The first-order chi connectivity index (χ1) is 8.88. The first kappa shape index (κ1) is 13.0. The number of halogens is 4. The van der Waals surface area contributed by atoms with Gasteiger partial charge in [0, 0.05) is 6.07 Å². The molecule has 9 heteroatoms. The Kier molecular flexibility index (Phi) is 3.19. The van der Waals surface area contributed by atoms with Gasteiger partial charge in [-0.2, -0.15) is 23.4 Å². The highest BCUT2D eigenvalue weighted by Gasteiger charge is 2.37. The zero-order chi connectivity index (χ0) is 14.0. The molecule has 0 amide bonds. The monoisotopic (exact) mass is 273 g/mol. The largest absolute Gasteiger partial charge is 0.435 e. The summed E-state index contributed by atoms with van der Waals surface area (Å²) in [5.41, 5.74) is 3.49. The third-order valence-electron chi connectivity index (χ3n) is 2.12. The average Bonchev–Trinajstić information content (AvgIpc) is 2.68. The number of anilines is 1. The molecule has 3 N–H and O–H groups in total. The molecule has 19 heavy (non-hydrogen) atoms. The second-order valence-electron chi connectivity index (χ2n) is 3.51. The Hall–Kier alpha value is -2.45. The molecule has 0 radical (unpaired) electrons. The second-order valence-corrected chi connectivity index (χ2v) is 3.51. The fraction of sp³-hybridized carbons (Fsp3) is 0.100. The van der Waals surface area contributed by atoms with Gasteiger partial charge in [-0.05, 0) is 12.1 Å². The van der Waals surface area contributed by atoms with Gasteiger partial charge in [0.2, 0.25) is 0 Å². The van der Waals surface area contributed by atoms with E-state index in [-0.39, 0.29) is 5.69 Å². The molecular formula is C10H7F4N5. The smallest absolute Gasteiger partial charge is 0.380 e. The molecule has 0 aliphatic carbocycles. The van der Waals surface area contributed by atoms with E-state index in [1.165, 1.54) is 18.2 Å². The van der Waals surface area contributed by atoms with Gasteiger partial charge >= 0.3 is 6.18 Å². The van der Waals surface area contributed by atoms with E-state index in [1.807, 2.05) is 0 Å². The molecule has 0 saturated carbocycles. The minimum atomic E-state index is -4.68. The molecule has 0 aliphatic rings. The number of hydrogen-bond acceptors (Lipinski definition) is 4. The minimum Gasteiger partial charge on any atom is -0.380 e. The maximum Gasteiger partial charge on any atom is 0.435 e. The number of azo groups is 1. The Balaban J connectivity index is 2.36. The van der Waals surface area contributed by atoms with Crippen LogP contribution in [0.1, 0.15) is 5.69 Å². The molecule has 1 heterocycles. The van der Waals surface area contributed by atoms with Crippen molar-refractivity contribution in [2.75, 3.05) is 5.73 Å². The minimum absolute atomic E-state index is 0.0636. The molecule has 0 aliphatic heterocycles. The molecular weight excluding hydrogens is 266 g/mol. The van der Waals surface area contributed by atoms with E-state index in [9.17, 15) is 17.6 Å². The van der Waals surface area contributed by atoms with E-state index >= 15 is 0 Å². The van der Waals surface area contributed by atoms with E-state index < -0.39 is 29.2 Å². The Morgan fingerprint density at radius 2 is 1.95 bits per heavy atom. The normalized spacial score (nSPS) is 12.2. The van der Waals surface area contributed by atoms with Gasteiger partial charge in [0.1, 0.15) is 5.82 Å². The highest BCUT2D eigenvalue weighted by atomic mass is 19.4. The van der Waals surface area contributed by atoms with Crippen LogP contribution in [0, 0.1) is 5.82 Å². The Morgan fingerprint density at radius 3 is 2.58 bits per heavy atom. The van der Waals surface area contributed by atoms with Gasteiger partial charge in [0.25, 0.3) is 0 Å². The first-order valence-electron chi connectivity index (χ1n) is 4.96. The van der Waals surface area contributed by atoms with Crippen LogP contribution in [0.2, 0.25) is 0 Å². The van der Waals surface area contributed by atoms with Gasteiger partial charge in [-0.15, -0.1) is 5.11 Å². The predicted molar refractivity (Wildman–Crippen MR) is 58.6 cm³/mol. The summed E-state index contributed by atoms with van der Waals surface area (Å²) in [7, 11) is 0. The summed E-state index contributed by atoms with van der Waals surface area (Å²) in [6.45, 7) is 0. The lowest BCUT2D eigenvalue weighted by Gasteiger charge is -2.02. The maximum absolute atomic E-state index is 12.9. The first-order valence-corrected chi connectivity index (χ1v) is 4.96. The highest BCUT2D eigenvalue weighted by molar-refractivity contribution is 5.61. The van der Waals surface area contributed by atoms with Crippen LogP contribution < -0.4 is 5.73 Å². The maximum atomic E-state index is 12.9. The van der Waals surface area contributed by atoms with Crippen molar-refractivity contribution in [3.63, 3.8) is 0 Å². The Labute approximate surface area is 104 Å². The van der Waals surface area contributed by atoms with Crippen LogP contribution in [0.25, 0.3) is 0 Å². The van der Waals surface area contributed by atoms with Crippen LogP contribution in [0.5, 0.6) is 0 Å². The van der Waals surface area contributed by atoms with Gasteiger partial charge in [-0.25, -0.2) is 4.39 Å². The van der Waals surface area contributed by atoms with Crippen molar-refractivity contribution >= 4 is 17.2 Å². The molecule has 100 valence electrons. The highest BCUT2D eigenvalue weighted by Crippen LogP contribution is 2.38.